The second-order valence-electron chi connectivity index (χ2n) is 4.06. The fraction of sp³-hybridized carbons (Fsp3) is 0.429. The van der Waals surface area contributed by atoms with Gasteiger partial charge in [0.2, 0.25) is 0 Å². The van der Waals surface area contributed by atoms with Crippen LogP contribution in [-0.2, 0) is 0 Å². The predicted molar refractivity (Wildman–Crippen MR) is 73.8 cm³/mol. The number of hydrogen-bond acceptors (Lipinski definition) is 2. The standard InChI is InChI=1S/C14H20ClNO/c1-4-11(2)8-13(16-3)10-17-14-7-5-6-12(15)9-14/h5-7,9,13,16H,2,4,8,10H2,1,3H3. The van der Waals surface area contributed by atoms with E-state index in [2.05, 4.69) is 18.8 Å². The average molecular weight is 254 g/mol. The number of rotatable bonds is 7. The number of halogens is 1. The summed E-state index contributed by atoms with van der Waals surface area (Å²) in [5, 5.41) is 3.93. The highest BCUT2D eigenvalue weighted by atomic mass is 35.5. The van der Waals surface area contributed by atoms with Crippen LogP contribution in [-0.4, -0.2) is 19.7 Å². The van der Waals surface area contributed by atoms with E-state index in [-0.39, 0.29) is 0 Å². The van der Waals surface area contributed by atoms with Gasteiger partial charge in [-0.25, -0.2) is 0 Å². The van der Waals surface area contributed by atoms with Gasteiger partial charge in [-0.05, 0) is 38.1 Å². The third-order valence-corrected chi connectivity index (χ3v) is 2.93. The van der Waals surface area contributed by atoms with E-state index in [9.17, 15) is 0 Å². The molecule has 0 aromatic heterocycles. The summed E-state index contributed by atoms with van der Waals surface area (Å²) in [6.07, 6.45) is 1.95. The lowest BCUT2D eigenvalue weighted by molar-refractivity contribution is 0.269. The Balaban J connectivity index is 2.44. The van der Waals surface area contributed by atoms with Crippen molar-refractivity contribution in [1.29, 1.82) is 0 Å². The van der Waals surface area contributed by atoms with E-state index in [1.807, 2.05) is 31.3 Å². The Labute approximate surface area is 109 Å². The molecule has 0 aliphatic carbocycles. The van der Waals surface area contributed by atoms with Crippen LogP contribution in [0.5, 0.6) is 5.75 Å². The summed E-state index contributed by atoms with van der Waals surface area (Å²) in [5.74, 6) is 0.805. The Kier molecular flexibility index (Phi) is 6.09. The van der Waals surface area contributed by atoms with Gasteiger partial charge in [-0.3, -0.25) is 0 Å². The van der Waals surface area contributed by atoms with E-state index in [4.69, 9.17) is 16.3 Å². The van der Waals surface area contributed by atoms with Crippen molar-refractivity contribution < 1.29 is 4.74 Å². The molecule has 0 aliphatic heterocycles. The first-order valence-corrected chi connectivity index (χ1v) is 6.25. The Bertz CT molecular complexity index is 365. The second-order valence-corrected chi connectivity index (χ2v) is 4.50. The summed E-state index contributed by atoms with van der Waals surface area (Å²) in [6.45, 7) is 6.75. The van der Waals surface area contributed by atoms with Gasteiger partial charge in [-0.2, -0.15) is 0 Å². The van der Waals surface area contributed by atoms with Crippen LogP contribution in [0.25, 0.3) is 0 Å². The Morgan fingerprint density at radius 3 is 2.88 bits per heavy atom. The maximum atomic E-state index is 5.89. The minimum Gasteiger partial charge on any atom is -0.492 e. The normalized spacial score (nSPS) is 12.2. The van der Waals surface area contributed by atoms with Crippen LogP contribution in [0.3, 0.4) is 0 Å². The number of nitrogens with one attached hydrogen (secondary N) is 1. The third kappa shape index (κ3) is 5.24. The molecule has 0 saturated heterocycles. The molecule has 0 saturated carbocycles. The van der Waals surface area contributed by atoms with Gasteiger partial charge in [0.1, 0.15) is 12.4 Å². The summed E-state index contributed by atoms with van der Waals surface area (Å²) >= 11 is 5.89. The molecule has 2 nitrogen and oxygen atoms in total. The topological polar surface area (TPSA) is 21.3 Å². The lowest BCUT2D eigenvalue weighted by atomic mass is 10.1. The second kappa shape index (κ2) is 7.36. The molecule has 1 N–H and O–H groups in total. The molecule has 0 aliphatic rings. The molecule has 1 aromatic carbocycles. The molecule has 0 spiro atoms. The van der Waals surface area contributed by atoms with Crippen molar-refractivity contribution in [2.45, 2.75) is 25.8 Å². The molecule has 1 atom stereocenters. The molecule has 0 heterocycles. The van der Waals surface area contributed by atoms with Gasteiger partial charge >= 0.3 is 0 Å². The molecule has 17 heavy (non-hydrogen) atoms. The van der Waals surface area contributed by atoms with Crippen molar-refractivity contribution in [2.24, 2.45) is 0 Å². The molecule has 1 aromatic rings. The zero-order valence-electron chi connectivity index (χ0n) is 10.5. The molecule has 0 radical (unpaired) electrons. The quantitative estimate of drug-likeness (QED) is 0.749. The molecular weight excluding hydrogens is 234 g/mol. The van der Waals surface area contributed by atoms with Crippen LogP contribution < -0.4 is 10.1 Å². The number of ether oxygens (including phenoxy) is 1. The highest BCUT2D eigenvalue weighted by Crippen LogP contribution is 2.17. The van der Waals surface area contributed by atoms with Crippen molar-refractivity contribution in [1.82, 2.24) is 5.32 Å². The zero-order valence-corrected chi connectivity index (χ0v) is 11.3. The minimum atomic E-state index is 0.293. The van der Waals surface area contributed by atoms with Crippen LogP contribution in [0.1, 0.15) is 19.8 Å². The summed E-state index contributed by atoms with van der Waals surface area (Å²) < 4.78 is 5.70. The third-order valence-electron chi connectivity index (χ3n) is 2.69. The Hall–Kier alpha value is -0.990. The Morgan fingerprint density at radius 2 is 2.29 bits per heavy atom. The van der Waals surface area contributed by atoms with Crippen LogP contribution in [0.2, 0.25) is 5.02 Å². The SMILES string of the molecule is C=C(CC)CC(COc1cccc(Cl)c1)NC. The van der Waals surface area contributed by atoms with Gasteiger partial charge < -0.3 is 10.1 Å². The summed E-state index contributed by atoms with van der Waals surface area (Å²) in [5.41, 5.74) is 1.24. The molecule has 0 fully saturated rings. The van der Waals surface area contributed by atoms with Gasteiger partial charge in [-0.1, -0.05) is 36.7 Å². The van der Waals surface area contributed by atoms with Gasteiger partial charge in [0.15, 0.2) is 0 Å². The average Bonchev–Trinajstić information content (AvgIpc) is 2.34. The van der Waals surface area contributed by atoms with Crippen molar-refractivity contribution >= 4 is 11.6 Å². The first-order valence-electron chi connectivity index (χ1n) is 5.88. The maximum absolute atomic E-state index is 5.89. The van der Waals surface area contributed by atoms with E-state index >= 15 is 0 Å². The smallest absolute Gasteiger partial charge is 0.120 e. The molecule has 3 heteroatoms. The van der Waals surface area contributed by atoms with Crippen molar-refractivity contribution in [3.8, 4) is 5.75 Å². The fourth-order valence-electron chi connectivity index (χ4n) is 1.49. The molecule has 94 valence electrons. The molecule has 1 unspecified atom stereocenters. The van der Waals surface area contributed by atoms with Crippen LogP contribution in [0, 0.1) is 0 Å². The van der Waals surface area contributed by atoms with Crippen molar-refractivity contribution in [3.05, 3.63) is 41.4 Å². The van der Waals surface area contributed by atoms with Gasteiger partial charge in [0.05, 0.1) is 0 Å². The molecular formula is C14H20ClNO. The lowest BCUT2D eigenvalue weighted by Gasteiger charge is -2.17. The van der Waals surface area contributed by atoms with E-state index in [0.717, 1.165) is 18.6 Å². The monoisotopic (exact) mass is 253 g/mol. The summed E-state index contributed by atoms with van der Waals surface area (Å²) in [7, 11) is 1.94. The van der Waals surface area contributed by atoms with Gasteiger partial charge in [-0.15, -0.1) is 0 Å². The first-order chi connectivity index (χ1) is 8.15. The largest absolute Gasteiger partial charge is 0.492 e. The fourth-order valence-corrected chi connectivity index (χ4v) is 1.67. The zero-order chi connectivity index (χ0) is 12.7. The van der Waals surface area contributed by atoms with Gasteiger partial charge in [0.25, 0.3) is 0 Å². The van der Waals surface area contributed by atoms with E-state index in [1.165, 1.54) is 5.57 Å². The lowest BCUT2D eigenvalue weighted by Crippen LogP contribution is -2.32. The summed E-state index contributed by atoms with van der Waals surface area (Å²) in [4.78, 5) is 0. The number of benzene rings is 1. The first kappa shape index (κ1) is 14.1. The van der Waals surface area contributed by atoms with Crippen LogP contribution >= 0.6 is 11.6 Å². The maximum Gasteiger partial charge on any atom is 0.120 e. The number of likely N-dealkylation sites (N-methyl/N-ethyl adjacent to an activating group) is 1. The summed E-state index contributed by atoms with van der Waals surface area (Å²) in [6, 6.07) is 7.75. The van der Waals surface area contributed by atoms with Gasteiger partial charge in [0, 0.05) is 11.1 Å². The minimum absolute atomic E-state index is 0.293. The Morgan fingerprint density at radius 1 is 1.53 bits per heavy atom. The van der Waals surface area contributed by atoms with Crippen LogP contribution in [0.4, 0.5) is 0 Å². The predicted octanol–water partition coefficient (Wildman–Crippen LogP) is 3.66. The van der Waals surface area contributed by atoms with E-state index < -0.39 is 0 Å². The van der Waals surface area contributed by atoms with Crippen LogP contribution in [0.15, 0.2) is 36.4 Å². The molecule has 0 amide bonds. The van der Waals surface area contributed by atoms with Crippen molar-refractivity contribution in [2.75, 3.05) is 13.7 Å². The highest BCUT2D eigenvalue weighted by Gasteiger charge is 2.08. The van der Waals surface area contributed by atoms with E-state index in [1.54, 1.807) is 0 Å². The highest BCUT2D eigenvalue weighted by molar-refractivity contribution is 6.30. The van der Waals surface area contributed by atoms with Crippen molar-refractivity contribution in [3.63, 3.8) is 0 Å². The molecule has 1 rings (SSSR count). The van der Waals surface area contributed by atoms with E-state index in [0.29, 0.717) is 17.7 Å². The molecule has 0 bridgehead atoms. The number of hydrogen-bond donors (Lipinski definition) is 1.